The van der Waals surface area contributed by atoms with Crippen LogP contribution in [0.15, 0.2) is 47.1 Å². The van der Waals surface area contributed by atoms with Crippen LogP contribution < -0.4 is 5.32 Å². The van der Waals surface area contributed by atoms with Gasteiger partial charge in [-0.25, -0.2) is 0 Å². The van der Waals surface area contributed by atoms with Gasteiger partial charge in [0, 0.05) is 38.1 Å². The van der Waals surface area contributed by atoms with E-state index in [4.69, 9.17) is 4.42 Å². The summed E-state index contributed by atoms with van der Waals surface area (Å²) in [7, 11) is 0. The lowest BCUT2D eigenvalue weighted by Crippen LogP contribution is -2.47. The van der Waals surface area contributed by atoms with Crippen molar-refractivity contribution in [2.75, 3.05) is 19.6 Å². The summed E-state index contributed by atoms with van der Waals surface area (Å²) in [4.78, 5) is 43.9. The molecule has 7 nitrogen and oxygen atoms in total. The van der Waals surface area contributed by atoms with Crippen molar-refractivity contribution in [2.45, 2.75) is 57.5 Å². The van der Waals surface area contributed by atoms with Crippen LogP contribution in [0.5, 0.6) is 0 Å². The molecule has 0 radical (unpaired) electrons. The Hall–Kier alpha value is -3.09. The third-order valence-corrected chi connectivity index (χ3v) is 7.68. The topological polar surface area (TPSA) is 82.9 Å². The minimum absolute atomic E-state index is 0.0385. The van der Waals surface area contributed by atoms with Crippen LogP contribution in [0.25, 0.3) is 0 Å². The standard InChI is InChI=1S/C27H33N3O4/c31-25-22-16-21(26(32)29-14-11-19-8-3-4-9-20(19)18-29)17-23(22)30(13-6-2-1-5-12-28-25)27(33)24-10-7-15-34-24/h3-4,7-10,15,21-23H,1-2,5-6,11-14,16-18H2,(H,28,31). The van der Waals surface area contributed by atoms with Gasteiger partial charge in [-0.2, -0.15) is 0 Å². The molecule has 34 heavy (non-hydrogen) atoms. The fourth-order valence-electron chi connectivity index (χ4n) is 5.85. The Kier molecular flexibility index (Phi) is 6.70. The number of nitrogens with zero attached hydrogens (tertiary/aromatic N) is 2. The Bertz CT molecular complexity index is 1030. The molecule has 3 heterocycles. The summed E-state index contributed by atoms with van der Waals surface area (Å²) in [6, 6.07) is 11.4. The van der Waals surface area contributed by atoms with Crippen molar-refractivity contribution in [3.63, 3.8) is 0 Å². The molecule has 1 aromatic heterocycles. The largest absolute Gasteiger partial charge is 0.459 e. The van der Waals surface area contributed by atoms with Crippen molar-refractivity contribution in [1.82, 2.24) is 15.1 Å². The molecule has 1 saturated carbocycles. The molecule has 1 aliphatic carbocycles. The number of rotatable bonds is 2. The van der Waals surface area contributed by atoms with Crippen molar-refractivity contribution in [1.29, 1.82) is 0 Å². The molecule has 3 aliphatic rings. The summed E-state index contributed by atoms with van der Waals surface area (Å²) in [5, 5.41) is 3.07. The summed E-state index contributed by atoms with van der Waals surface area (Å²) in [6.07, 6.45) is 7.19. The fraction of sp³-hybridized carbons (Fsp3) is 0.519. The molecule has 180 valence electrons. The van der Waals surface area contributed by atoms with Crippen LogP contribution in [0.3, 0.4) is 0 Å². The van der Waals surface area contributed by atoms with E-state index in [9.17, 15) is 14.4 Å². The maximum Gasteiger partial charge on any atom is 0.289 e. The van der Waals surface area contributed by atoms with Gasteiger partial charge < -0.3 is 19.5 Å². The molecule has 1 aromatic carbocycles. The Labute approximate surface area is 200 Å². The zero-order valence-electron chi connectivity index (χ0n) is 19.6. The number of carbonyl (C=O) groups is 3. The first kappa shape index (κ1) is 22.7. The summed E-state index contributed by atoms with van der Waals surface area (Å²) >= 11 is 0. The number of hydrogen-bond acceptors (Lipinski definition) is 4. The van der Waals surface area contributed by atoms with Gasteiger partial charge in [0.1, 0.15) is 0 Å². The summed E-state index contributed by atoms with van der Waals surface area (Å²) in [6.45, 7) is 2.53. The van der Waals surface area contributed by atoms with Gasteiger partial charge in [0.15, 0.2) is 5.76 Å². The van der Waals surface area contributed by atoms with Crippen molar-refractivity contribution < 1.29 is 18.8 Å². The smallest absolute Gasteiger partial charge is 0.289 e. The second-order valence-electron chi connectivity index (χ2n) is 9.80. The third-order valence-electron chi connectivity index (χ3n) is 7.68. The van der Waals surface area contributed by atoms with E-state index in [1.54, 1.807) is 12.1 Å². The molecule has 2 aromatic rings. The van der Waals surface area contributed by atoms with E-state index in [0.717, 1.165) is 32.1 Å². The van der Waals surface area contributed by atoms with Gasteiger partial charge in [-0.1, -0.05) is 37.1 Å². The highest BCUT2D eigenvalue weighted by atomic mass is 16.3. The van der Waals surface area contributed by atoms with Gasteiger partial charge in [0.05, 0.1) is 12.2 Å². The normalized spacial score (nSPS) is 25.6. The molecule has 1 N–H and O–H groups in total. The molecule has 0 bridgehead atoms. The summed E-state index contributed by atoms with van der Waals surface area (Å²) < 4.78 is 5.41. The number of nitrogens with one attached hydrogen (secondary N) is 1. The molecule has 5 rings (SSSR count). The SMILES string of the molecule is O=C1NCCCCCCN(C(=O)c2ccco2)C2CC(C(=O)N3CCc4ccccc4C3)CC12. The Morgan fingerprint density at radius 1 is 0.941 bits per heavy atom. The van der Waals surface area contributed by atoms with Crippen LogP contribution in [0.1, 0.15) is 60.2 Å². The molecule has 0 spiro atoms. The maximum absolute atomic E-state index is 13.6. The molecule has 2 aliphatic heterocycles. The number of furan rings is 1. The first-order valence-electron chi connectivity index (χ1n) is 12.6. The summed E-state index contributed by atoms with van der Waals surface area (Å²) in [5.74, 6) is -0.483. The minimum Gasteiger partial charge on any atom is -0.459 e. The number of benzene rings is 1. The highest BCUT2D eigenvalue weighted by Gasteiger charge is 2.47. The molecule has 3 unspecified atom stereocenters. The predicted molar refractivity (Wildman–Crippen MR) is 127 cm³/mol. The quantitative estimate of drug-likeness (QED) is 0.740. The van der Waals surface area contributed by atoms with Crippen LogP contribution >= 0.6 is 0 Å². The van der Waals surface area contributed by atoms with Crippen LogP contribution in [-0.2, 0) is 22.6 Å². The Morgan fingerprint density at radius 3 is 2.59 bits per heavy atom. The molecule has 1 saturated heterocycles. The number of hydrogen-bond donors (Lipinski definition) is 1. The van der Waals surface area contributed by atoms with Gasteiger partial charge >= 0.3 is 0 Å². The van der Waals surface area contributed by atoms with Gasteiger partial charge in [-0.3, -0.25) is 14.4 Å². The zero-order valence-corrected chi connectivity index (χ0v) is 19.6. The Morgan fingerprint density at radius 2 is 1.76 bits per heavy atom. The molecule has 3 atom stereocenters. The second kappa shape index (κ2) is 10.0. The van der Waals surface area contributed by atoms with E-state index in [1.807, 2.05) is 21.9 Å². The van der Waals surface area contributed by atoms with Crippen LogP contribution in [0.4, 0.5) is 0 Å². The van der Waals surface area contributed by atoms with Crippen molar-refractivity contribution >= 4 is 17.7 Å². The van der Waals surface area contributed by atoms with Gasteiger partial charge in [0.25, 0.3) is 5.91 Å². The lowest BCUT2D eigenvalue weighted by Gasteiger charge is -2.32. The monoisotopic (exact) mass is 463 g/mol. The van der Waals surface area contributed by atoms with E-state index in [2.05, 4.69) is 17.4 Å². The van der Waals surface area contributed by atoms with Gasteiger partial charge in [0.2, 0.25) is 11.8 Å². The lowest BCUT2D eigenvalue weighted by atomic mass is 9.97. The summed E-state index contributed by atoms with van der Waals surface area (Å²) in [5.41, 5.74) is 2.50. The van der Waals surface area contributed by atoms with Crippen LogP contribution in [-0.4, -0.2) is 53.2 Å². The predicted octanol–water partition coefficient (Wildman–Crippen LogP) is 3.39. The van der Waals surface area contributed by atoms with E-state index in [0.29, 0.717) is 39.0 Å². The minimum atomic E-state index is -0.386. The first-order chi connectivity index (χ1) is 16.6. The molecule has 2 fully saturated rings. The number of fused-ring (bicyclic) bond motifs is 2. The molecule has 3 amide bonds. The van der Waals surface area contributed by atoms with Crippen LogP contribution in [0, 0.1) is 11.8 Å². The molecular weight excluding hydrogens is 430 g/mol. The Balaban J connectivity index is 1.38. The fourth-order valence-corrected chi connectivity index (χ4v) is 5.85. The maximum atomic E-state index is 13.6. The van der Waals surface area contributed by atoms with Crippen molar-refractivity contribution in [3.05, 3.63) is 59.5 Å². The van der Waals surface area contributed by atoms with Gasteiger partial charge in [-0.05, 0) is 55.4 Å². The third kappa shape index (κ3) is 4.61. The highest BCUT2D eigenvalue weighted by molar-refractivity contribution is 5.93. The van der Waals surface area contributed by atoms with E-state index in [1.165, 1.54) is 17.4 Å². The average molecular weight is 464 g/mol. The first-order valence-corrected chi connectivity index (χ1v) is 12.6. The number of amides is 3. The lowest BCUT2D eigenvalue weighted by molar-refractivity contribution is -0.136. The van der Waals surface area contributed by atoms with E-state index < -0.39 is 0 Å². The number of carbonyl (C=O) groups excluding carboxylic acids is 3. The van der Waals surface area contributed by atoms with E-state index >= 15 is 0 Å². The zero-order chi connectivity index (χ0) is 23.5. The highest BCUT2D eigenvalue weighted by Crippen LogP contribution is 2.38. The molecular formula is C27H33N3O4. The average Bonchev–Trinajstić information content (AvgIpc) is 3.55. The molecule has 7 heteroatoms. The van der Waals surface area contributed by atoms with E-state index in [-0.39, 0.29) is 41.4 Å². The van der Waals surface area contributed by atoms with Crippen molar-refractivity contribution in [3.8, 4) is 0 Å². The van der Waals surface area contributed by atoms with Gasteiger partial charge in [-0.15, -0.1) is 0 Å². The second-order valence-corrected chi connectivity index (χ2v) is 9.80. The van der Waals surface area contributed by atoms with Crippen molar-refractivity contribution in [2.24, 2.45) is 11.8 Å². The van der Waals surface area contributed by atoms with Crippen LogP contribution in [0.2, 0.25) is 0 Å².